The van der Waals surface area contributed by atoms with Gasteiger partial charge in [-0.25, -0.2) is 9.97 Å². The standard InChI is InChI=1S/C14H15N5S/c1-19-12-4-2-3-11(10(12)7-17-19)18-13-9-5-6-20-14(9)16-8-15-13/h5-8,11H,2-4H2,1H3,(H,15,16,18)/t11-/m1/s1. The van der Waals surface area contributed by atoms with Gasteiger partial charge in [0, 0.05) is 18.3 Å². The average Bonchev–Trinajstić information content (AvgIpc) is 3.08. The second-order valence-electron chi connectivity index (χ2n) is 5.12. The van der Waals surface area contributed by atoms with E-state index in [0.29, 0.717) is 6.04 Å². The number of aromatic nitrogens is 4. The van der Waals surface area contributed by atoms with Crippen LogP contribution in [0.3, 0.4) is 0 Å². The first-order chi connectivity index (χ1) is 9.83. The Morgan fingerprint density at radius 3 is 3.30 bits per heavy atom. The van der Waals surface area contributed by atoms with Crippen LogP contribution in [0, 0.1) is 0 Å². The summed E-state index contributed by atoms with van der Waals surface area (Å²) in [7, 11) is 2.02. The van der Waals surface area contributed by atoms with Gasteiger partial charge in [-0.05, 0) is 30.7 Å². The lowest BCUT2D eigenvalue weighted by molar-refractivity contribution is 0.570. The van der Waals surface area contributed by atoms with E-state index in [1.165, 1.54) is 17.7 Å². The lowest BCUT2D eigenvalue weighted by Gasteiger charge is -2.24. The molecule has 102 valence electrons. The number of fused-ring (bicyclic) bond motifs is 2. The van der Waals surface area contributed by atoms with E-state index in [2.05, 4.69) is 31.8 Å². The van der Waals surface area contributed by atoms with Gasteiger partial charge in [-0.3, -0.25) is 4.68 Å². The van der Waals surface area contributed by atoms with Gasteiger partial charge in [0.15, 0.2) is 0 Å². The predicted molar refractivity (Wildman–Crippen MR) is 79.9 cm³/mol. The number of nitrogens with zero attached hydrogens (tertiary/aromatic N) is 4. The molecule has 0 fully saturated rings. The molecule has 20 heavy (non-hydrogen) atoms. The number of nitrogens with one attached hydrogen (secondary N) is 1. The fourth-order valence-corrected chi connectivity index (χ4v) is 3.66. The first kappa shape index (κ1) is 11.8. The summed E-state index contributed by atoms with van der Waals surface area (Å²) in [6.07, 6.45) is 7.03. The lowest BCUT2D eigenvalue weighted by atomic mass is 9.93. The van der Waals surface area contributed by atoms with E-state index in [9.17, 15) is 0 Å². The molecule has 1 atom stereocenters. The molecule has 6 heteroatoms. The smallest absolute Gasteiger partial charge is 0.138 e. The molecule has 0 saturated heterocycles. The fraction of sp³-hybridized carbons (Fsp3) is 0.357. The number of rotatable bonds is 2. The second kappa shape index (κ2) is 4.56. The molecule has 0 saturated carbocycles. The van der Waals surface area contributed by atoms with Gasteiger partial charge in [0.05, 0.1) is 17.6 Å². The fourth-order valence-electron chi connectivity index (χ4n) is 2.93. The molecule has 0 unspecified atom stereocenters. The van der Waals surface area contributed by atoms with Gasteiger partial charge < -0.3 is 5.32 Å². The summed E-state index contributed by atoms with van der Waals surface area (Å²) in [5.41, 5.74) is 2.64. The molecule has 3 heterocycles. The lowest BCUT2D eigenvalue weighted by Crippen LogP contribution is -2.18. The van der Waals surface area contributed by atoms with E-state index >= 15 is 0 Å². The quantitative estimate of drug-likeness (QED) is 0.786. The van der Waals surface area contributed by atoms with Crippen LogP contribution in [-0.2, 0) is 13.5 Å². The average molecular weight is 285 g/mol. The van der Waals surface area contributed by atoms with Crippen LogP contribution in [0.15, 0.2) is 24.0 Å². The normalized spacial score (nSPS) is 18.1. The van der Waals surface area contributed by atoms with Crippen molar-refractivity contribution in [3.63, 3.8) is 0 Å². The third-order valence-corrected chi connectivity index (χ3v) is 4.77. The zero-order chi connectivity index (χ0) is 13.5. The van der Waals surface area contributed by atoms with E-state index in [1.54, 1.807) is 17.7 Å². The Bertz CT molecular complexity index is 760. The maximum atomic E-state index is 4.41. The SMILES string of the molecule is Cn1ncc2c1CCC[C@H]2Nc1ncnc2sccc12. The monoisotopic (exact) mass is 285 g/mol. The van der Waals surface area contributed by atoms with Crippen molar-refractivity contribution in [2.75, 3.05) is 5.32 Å². The zero-order valence-corrected chi connectivity index (χ0v) is 12.0. The van der Waals surface area contributed by atoms with Crippen LogP contribution in [-0.4, -0.2) is 19.7 Å². The molecular weight excluding hydrogens is 270 g/mol. The molecule has 4 rings (SSSR count). The van der Waals surface area contributed by atoms with Gasteiger partial charge >= 0.3 is 0 Å². The van der Waals surface area contributed by atoms with Crippen LogP contribution < -0.4 is 5.32 Å². The van der Waals surface area contributed by atoms with Crippen LogP contribution in [0.25, 0.3) is 10.2 Å². The van der Waals surface area contributed by atoms with E-state index in [-0.39, 0.29) is 0 Å². The van der Waals surface area contributed by atoms with Gasteiger partial charge in [-0.2, -0.15) is 5.10 Å². The minimum absolute atomic E-state index is 0.297. The van der Waals surface area contributed by atoms with Gasteiger partial charge in [0.25, 0.3) is 0 Å². The molecule has 3 aromatic heterocycles. The summed E-state index contributed by atoms with van der Waals surface area (Å²) in [6, 6.07) is 2.38. The molecule has 0 aromatic carbocycles. The molecule has 0 spiro atoms. The van der Waals surface area contributed by atoms with E-state index in [4.69, 9.17) is 0 Å². The summed E-state index contributed by atoms with van der Waals surface area (Å²) in [4.78, 5) is 9.74. The largest absolute Gasteiger partial charge is 0.362 e. The summed E-state index contributed by atoms with van der Waals surface area (Å²) in [5, 5.41) is 11.1. The molecule has 0 amide bonds. The van der Waals surface area contributed by atoms with Crippen molar-refractivity contribution in [3.8, 4) is 0 Å². The Balaban J connectivity index is 1.72. The molecule has 1 aliphatic carbocycles. The minimum atomic E-state index is 0.297. The van der Waals surface area contributed by atoms with E-state index in [0.717, 1.165) is 28.9 Å². The molecule has 5 nitrogen and oxygen atoms in total. The minimum Gasteiger partial charge on any atom is -0.362 e. The topological polar surface area (TPSA) is 55.6 Å². The van der Waals surface area contributed by atoms with Crippen molar-refractivity contribution < 1.29 is 0 Å². The summed E-state index contributed by atoms with van der Waals surface area (Å²) in [5.74, 6) is 0.929. The van der Waals surface area contributed by atoms with Gasteiger partial charge in [-0.15, -0.1) is 11.3 Å². The van der Waals surface area contributed by atoms with Crippen LogP contribution in [0.4, 0.5) is 5.82 Å². The maximum Gasteiger partial charge on any atom is 0.138 e. The van der Waals surface area contributed by atoms with E-state index in [1.807, 2.05) is 17.9 Å². The third kappa shape index (κ3) is 1.79. The van der Waals surface area contributed by atoms with Crippen molar-refractivity contribution in [1.82, 2.24) is 19.7 Å². The highest BCUT2D eigenvalue weighted by Gasteiger charge is 2.24. The summed E-state index contributed by atoms with van der Waals surface area (Å²) < 4.78 is 1.99. The van der Waals surface area contributed by atoms with Crippen molar-refractivity contribution in [2.45, 2.75) is 25.3 Å². The van der Waals surface area contributed by atoms with E-state index < -0.39 is 0 Å². The number of thiophene rings is 1. The number of hydrogen-bond acceptors (Lipinski definition) is 5. The van der Waals surface area contributed by atoms with Crippen molar-refractivity contribution >= 4 is 27.4 Å². The van der Waals surface area contributed by atoms with Crippen LogP contribution >= 0.6 is 11.3 Å². The Labute approximate surface area is 120 Å². The van der Waals surface area contributed by atoms with Crippen LogP contribution in [0.5, 0.6) is 0 Å². The highest BCUT2D eigenvalue weighted by molar-refractivity contribution is 7.16. The molecule has 0 aliphatic heterocycles. The molecule has 1 aliphatic rings. The van der Waals surface area contributed by atoms with Crippen molar-refractivity contribution in [1.29, 1.82) is 0 Å². The van der Waals surface area contributed by atoms with Crippen LogP contribution in [0.1, 0.15) is 30.1 Å². The van der Waals surface area contributed by atoms with Crippen molar-refractivity contribution in [2.24, 2.45) is 7.05 Å². The number of aryl methyl sites for hydroxylation is 1. The Kier molecular flexibility index (Phi) is 2.70. The van der Waals surface area contributed by atoms with Crippen LogP contribution in [0.2, 0.25) is 0 Å². The summed E-state index contributed by atoms with van der Waals surface area (Å²) in [6.45, 7) is 0. The molecule has 0 bridgehead atoms. The molecule has 1 N–H and O–H groups in total. The third-order valence-electron chi connectivity index (χ3n) is 3.95. The summed E-state index contributed by atoms with van der Waals surface area (Å²) >= 11 is 1.65. The highest BCUT2D eigenvalue weighted by Crippen LogP contribution is 2.33. The molecular formula is C14H15N5S. The number of hydrogen-bond donors (Lipinski definition) is 1. The Morgan fingerprint density at radius 2 is 2.35 bits per heavy atom. The van der Waals surface area contributed by atoms with Gasteiger partial charge in [-0.1, -0.05) is 0 Å². The Hall–Kier alpha value is -1.95. The number of anilines is 1. The molecule has 0 radical (unpaired) electrons. The first-order valence-corrected chi connectivity index (χ1v) is 7.66. The van der Waals surface area contributed by atoms with Gasteiger partial charge in [0.1, 0.15) is 17.0 Å². The molecule has 3 aromatic rings. The Morgan fingerprint density at radius 1 is 1.40 bits per heavy atom. The first-order valence-electron chi connectivity index (χ1n) is 6.78. The predicted octanol–water partition coefficient (Wildman–Crippen LogP) is 2.91. The highest BCUT2D eigenvalue weighted by atomic mass is 32.1. The second-order valence-corrected chi connectivity index (χ2v) is 6.02. The van der Waals surface area contributed by atoms with Crippen molar-refractivity contribution in [3.05, 3.63) is 35.2 Å². The zero-order valence-electron chi connectivity index (χ0n) is 11.2. The maximum absolute atomic E-state index is 4.41. The van der Waals surface area contributed by atoms with Gasteiger partial charge in [0.2, 0.25) is 0 Å².